The number of para-hydroxylation sites is 1. The first-order valence-corrected chi connectivity index (χ1v) is 11.8. The Morgan fingerprint density at radius 3 is 2.61 bits per heavy atom. The van der Waals surface area contributed by atoms with Crippen LogP contribution in [-0.2, 0) is 9.59 Å². The summed E-state index contributed by atoms with van der Waals surface area (Å²) in [5.41, 5.74) is 0.846. The van der Waals surface area contributed by atoms with Crippen LogP contribution in [0.4, 0.5) is 0 Å². The molecular formula is C23H23Cl2NO4S. The molecule has 1 aliphatic carbocycles. The Labute approximate surface area is 195 Å². The molecule has 1 saturated heterocycles. The summed E-state index contributed by atoms with van der Waals surface area (Å²) in [6.45, 7) is 0.502. The van der Waals surface area contributed by atoms with E-state index in [4.69, 9.17) is 27.9 Å². The van der Waals surface area contributed by atoms with E-state index in [9.17, 15) is 14.7 Å². The van der Waals surface area contributed by atoms with Gasteiger partial charge in [0.1, 0.15) is 11.8 Å². The lowest BCUT2D eigenvalue weighted by Crippen LogP contribution is -2.48. The Kier molecular flexibility index (Phi) is 6.70. The van der Waals surface area contributed by atoms with Crippen LogP contribution < -0.4 is 4.74 Å². The van der Waals surface area contributed by atoms with E-state index in [1.165, 1.54) is 16.7 Å². The van der Waals surface area contributed by atoms with Crippen LogP contribution in [0, 0.1) is 5.92 Å². The van der Waals surface area contributed by atoms with E-state index >= 15 is 0 Å². The lowest BCUT2D eigenvalue weighted by molar-refractivity contribution is -0.152. The van der Waals surface area contributed by atoms with Gasteiger partial charge in [-0.2, -0.15) is 0 Å². The van der Waals surface area contributed by atoms with E-state index in [1.54, 1.807) is 7.11 Å². The number of likely N-dealkylation sites (tertiary alicyclic amines) is 1. The predicted octanol–water partition coefficient (Wildman–Crippen LogP) is 5.72. The minimum atomic E-state index is -0.927. The molecule has 31 heavy (non-hydrogen) atoms. The number of rotatable bonds is 6. The number of carbonyl (C=O) groups is 2. The summed E-state index contributed by atoms with van der Waals surface area (Å²) in [6.07, 6.45) is 2.85. The largest absolute Gasteiger partial charge is 0.496 e. The van der Waals surface area contributed by atoms with Crippen molar-refractivity contribution in [2.75, 3.05) is 13.7 Å². The van der Waals surface area contributed by atoms with E-state index < -0.39 is 12.0 Å². The van der Waals surface area contributed by atoms with Crippen LogP contribution in [0.1, 0.15) is 37.2 Å². The highest BCUT2D eigenvalue weighted by Crippen LogP contribution is 2.53. The van der Waals surface area contributed by atoms with Crippen molar-refractivity contribution in [3.05, 3.63) is 52.0 Å². The van der Waals surface area contributed by atoms with E-state index in [0.717, 1.165) is 33.9 Å². The summed E-state index contributed by atoms with van der Waals surface area (Å²) in [4.78, 5) is 27.8. The average Bonchev–Trinajstić information content (AvgIpc) is 3.57. The highest BCUT2D eigenvalue weighted by Gasteiger charge is 2.49. The van der Waals surface area contributed by atoms with Crippen LogP contribution in [-0.4, -0.2) is 41.6 Å². The van der Waals surface area contributed by atoms with E-state index in [2.05, 4.69) is 0 Å². The van der Waals surface area contributed by atoms with Gasteiger partial charge in [-0.3, -0.25) is 4.79 Å². The Morgan fingerprint density at radius 1 is 1.10 bits per heavy atom. The molecule has 2 aliphatic rings. The Hall–Kier alpha value is -1.89. The van der Waals surface area contributed by atoms with Gasteiger partial charge in [0, 0.05) is 17.4 Å². The number of amides is 1. The topological polar surface area (TPSA) is 66.8 Å². The second-order valence-electron chi connectivity index (χ2n) is 7.86. The molecular weight excluding hydrogens is 457 g/mol. The number of carbonyl (C=O) groups excluding carboxylic acids is 1. The summed E-state index contributed by atoms with van der Waals surface area (Å²) in [6, 6.07) is 10.8. The summed E-state index contributed by atoms with van der Waals surface area (Å²) < 4.78 is 5.40. The van der Waals surface area contributed by atoms with Gasteiger partial charge in [0.05, 0.1) is 22.1 Å². The molecule has 8 heteroatoms. The molecule has 1 N–H and O–H groups in total. The SMILES string of the molecule is COc1ccccc1Sc1ccc(C2CC2C(=O)N2CCCC[C@@H]2C(=O)O)c(Cl)c1Cl. The zero-order valence-electron chi connectivity index (χ0n) is 17.0. The second-order valence-corrected chi connectivity index (χ2v) is 9.70. The average molecular weight is 480 g/mol. The third-order valence-corrected chi connectivity index (χ3v) is 8.07. The molecule has 0 bridgehead atoms. The fourth-order valence-electron chi connectivity index (χ4n) is 4.21. The number of piperidine rings is 1. The molecule has 0 radical (unpaired) electrons. The quantitative estimate of drug-likeness (QED) is 0.573. The summed E-state index contributed by atoms with van der Waals surface area (Å²) in [5, 5.41) is 10.4. The summed E-state index contributed by atoms with van der Waals surface area (Å²) >= 11 is 14.7. The second kappa shape index (κ2) is 9.31. The summed E-state index contributed by atoms with van der Waals surface area (Å²) in [7, 11) is 1.62. The number of aliphatic carboxylic acids is 1. The van der Waals surface area contributed by atoms with Crippen molar-refractivity contribution in [1.29, 1.82) is 0 Å². The highest BCUT2D eigenvalue weighted by molar-refractivity contribution is 7.99. The van der Waals surface area contributed by atoms with Crippen LogP contribution in [0.5, 0.6) is 5.75 Å². The number of benzene rings is 2. The first-order valence-electron chi connectivity index (χ1n) is 10.2. The maximum absolute atomic E-state index is 13.0. The number of hydrogen-bond acceptors (Lipinski definition) is 4. The Balaban J connectivity index is 1.51. The highest BCUT2D eigenvalue weighted by atomic mass is 35.5. The minimum absolute atomic E-state index is 0.0285. The molecule has 2 unspecified atom stereocenters. The number of carboxylic acids is 1. The molecule has 0 aromatic heterocycles. The van der Waals surface area contributed by atoms with Crippen molar-refractivity contribution >= 4 is 46.8 Å². The van der Waals surface area contributed by atoms with Crippen molar-refractivity contribution in [3.63, 3.8) is 0 Å². The maximum Gasteiger partial charge on any atom is 0.326 e. The molecule has 1 saturated carbocycles. The van der Waals surface area contributed by atoms with Gasteiger partial charge in [-0.15, -0.1) is 0 Å². The van der Waals surface area contributed by atoms with Gasteiger partial charge in [0.25, 0.3) is 0 Å². The fraction of sp³-hybridized carbons (Fsp3) is 0.391. The molecule has 5 nitrogen and oxygen atoms in total. The van der Waals surface area contributed by atoms with Gasteiger partial charge in [-0.05, 0) is 55.4 Å². The van der Waals surface area contributed by atoms with Crippen LogP contribution in [0.15, 0.2) is 46.2 Å². The minimum Gasteiger partial charge on any atom is -0.496 e. The zero-order chi connectivity index (χ0) is 22.1. The summed E-state index contributed by atoms with van der Waals surface area (Å²) in [5.74, 6) is -0.521. The molecule has 1 heterocycles. The molecule has 4 rings (SSSR count). The standard InChI is InChI=1S/C23H23Cl2NO4S/c1-30-17-7-2-3-8-18(17)31-19-10-9-13(20(24)21(19)25)14-12-15(14)22(27)26-11-5-4-6-16(26)23(28)29/h2-3,7-10,14-16H,4-6,11-12H2,1H3,(H,28,29)/t14?,15?,16-/m1/s1. The number of hydrogen-bond donors (Lipinski definition) is 1. The molecule has 2 fully saturated rings. The molecule has 1 aliphatic heterocycles. The van der Waals surface area contributed by atoms with E-state index in [0.29, 0.717) is 29.4 Å². The van der Waals surface area contributed by atoms with Crippen LogP contribution in [0.3, 0.4) is 0 Å². The number of carboxylic acid groups (broad SMARTS) is 1. The molecule has 2 aromatic carbocycles. The number of ether oxygens (including phenoxy) is 1. The zero-order valence-corrected chi connectivity index (χ0v) is 19.3. The molecule has 0 spiro atoms. The fourth-order valence-corrected chi connectivity index (χ4v) is 5.82. The van der Waals surface area contributed by atoms with Crippen molar-refractivity contribution in [2.45, 2.75) is 47.4 Å². The van der Waals surface area contributed by atoms with Crippen LogP contribution >= 0.6 is 35.0 Å². The van der Waals surface area contributed by atoms with Crippen LogP contribution in [0.2, 0.25) is 10.0 Å². The van der Waals surface area contributed by atoms with Gasteiger partial charge >= 0.3 is 5.97 Å². The normalized spacial score (nSPS) is 22.8. The van der Waals surface area contributed by atoms with Crippen molar-refractivity contribution in [1.82, 2.24) is 4.90 Å². The third kappa shape index (κ3) is 4.52. The predicted molar refractivity (Wildman–Crippen MR) is 121 cm³/mol. The Morgan fingerprint density at radius 2 is 1.87 bits per heavy atom. The van der Waals surface area contributed by atoms with Gasteiger partial charge in [-0.25, -0.2) is 4.79 Å². The lowest BCUT2D eigenvalue weighted by Gasteiger charge is -2.33. The first kappa shape index (κ1) is 22.3. The molecule has 2 aromatic rings. The van der Waals surface area contributed by atoms with Crippen molar-refractivity contribution in [3.8, 4) is 5.75 Å². The number of methoxy groups -OCH3 is 1. The van der Waals surface area contributed by atoms with Crippen molar-refractivity contribution < 1.29 is 19.4 Å². The monoisotopic (exact) mass is 479 g/mol. The lowest BCUT2D eigenvalue weighted by atomic mass is 10.0. The maximum atomic E-state index is 13.0. The van der Waals surface area contributed by atoms with E-state index in [1.807, 2.05) is 36.4 Å². The molecule has 164 valence electrons. The van der Waals surface area contributed by atoms with Crippen LogP contribution in [0.25, 0.3) is 0 Å². The third-order valence-electron chi connectivity index (χ3n) is 5.94. The first-order chi connectivity index (χ1) is 14.9. The van der Waals surface area contributed by atoms with Gasteiger partial charge in [0.2, 0.25) is 5.91 Å². The van der Waals surface area contributed by atoms with Gasteiger partial charge in [0.15, 0.2) is 0 Å². The van der Waals surface area contributed by atoms with Crippen molar-refractivity contribution in [2.24, 2.45) is 5.92 Å². The van der Waals surface area contributed by atoms with Gasteiger partial charge in [-0.1, -0.05) is 53.2 Å². The van der Waals surface area contributed by atoms with E-state index in [-0.39, 0.29) is 17.7 Å². The number of halogens is 2. The number of nitrogens with zero attached hydrogens (tertiary/aromatic N) is 1. The molecule has 3 atom stereocenters. The van der Waals surface area contributed by atoms with Gasteiger partial charge < -0.3 is 14.7 Å². The Bertz CT molecular complexity index is 1020. The smallest absolute Gasteiger partial charge is 0.326 e. The molecule has 1 amide bonds.